The first-order valence-electron chi connectivity index (χ1n) is 7.09. The van der Waals surface area contributed by atoms with Crippen LogP contribution < -0.4 is 10.9 Å². The minimum atomic E-state index is -0.219. The van der Waals surface area contributed by atoms with Crippen molar-refractivity contribution in [2.75, 3.05) is 11.6 Å². The second-order valence-electron chi connectivity index (χ2n) is 5.58. The van der Waals surface area contributed by atoms with Gasteiger partial charge in [-0.15, -0.1) is 0 Å². The van der Waals surface area contributed by atoms with E-state index in [9.17, 15) is 4.79 Å². The average molecular weight is 316 g/mol. The largest absolute Gasteiger partial charge is 0.380 e. The van der Waals surface area contributed by atoms with E-state index < -0.39 is 0 Å². The second kappa shape index (κ2) is 6.85. The average Bonchev–Trinajstić information content (AvgIpc) is 2.44. The molecule has 0 saturated heterocycles. The third-order valence-corrected chi connectivity index (χ3v) is 5.21. The van der Waals surface area contributed by atoms with Gasteiger partial charge in [-0.25, -0.2) is 4.68 Å². The van der Waals surface area contributed by atoms with Crippen molar-refractivity contribution in [2.24, 2.45) is 0 Å². The Morgan fingerprint density at radius 3 is 2.90 bits per heavy atom. The lowest BCUT2D eigenvalue weighted by Gasteiger charge is -2.29. The van der Waals surface area contributed by atoms with E-state index in [4.69, 9.17) is 11.6 Å². The molecule has 1 fully saturated rings. The zero-order valence-electron chi connectivity index (χ0n) is 12.2. The van der Waals surface area contributed by atoms with Crippen LogP contribution in [0.2, 0.25) is 5.02 Å². The maximum absolute atomic E-state index is 12.1. The van der Waals surface area contributed by atoms with Crippen LogP contribution in [-0.4, -0.2) is 27.3 Å². The Kier molecular flexibility index (Phi) is 5.38. The topological polar surface area (TPSA) is 46.9 Å². The fourth-order valence-corrected chi connectivity index (χ4v) is 3.64. The number of thioether (sulfide) groups is 1. The maximum atomic E-state index is 12.1. The Morgan fingerprint density at radius 1 is 1.50 bits per heavy atom. The van der Waals surface area contributed by atoms with Gasteiger partial charge in [-0.3, -0.25) is 4.79 Å². The molecule has 1 N–H and O–H groups in total. The quantitative estimate of drug-likeness (QED) is 0.922. The molecular formula is C14H22ClN3OS. The van der Waals surface area contributed by atoms with Gasteiger partial charge >= 0.3 is 0 Å². The molecule has 112 valence electrons. The minimum absolute atomic E-state index is 0.0182. The van der Waals surface area contributed by atoms with Crippen LogP contribution >= 0.6 is 23.4 Å². The Hall–Kier alpha value is -0.680. The molecule has 2 rings (SSSR count). The van der Waals surface area contributed by atoms with E-state index >= 15 is 0 Å². The summed E-state index contributed by atoms with van der Waals surface area (Å²) in [6.45, 7) is 3.84. The van der Waals surface area contributed by atoms with E-state index in [2.05, 4.69) is 16.7 Å². The van der Waals surface area contributed by atoms with Crippen molar-refractivity contribution in [1.82, 2.24) is 9.78 Å². The lowest BCUT2D eigenvalue weighted by molar-refractivity contribution is 0.471. The first-order chi connectivity index (χ1) is 9.52. The first kappa shape index (κ1) is 15.7. The summed E-state index contributed by atoms with van der Waals surface area (Å²) in [4.78, 5) is 12.1. The molecule has 2 atom stereocenters. The number of hydrogen-bond acceptors (Lipinski definition) is 4. The molecule has 1 saturated carbocycles. The number of nitrogens with zero attached hydrogens (tertiary/aromatic N) is 2. The van der Waals surface area contributed by atoms with Crippen LogP contribution in [0, 0.1) is 0 Å². The van der Waals surface area contributed by atoms with Crippen LogP contribution in [0.5, 0.6) is 0 Å². The molecule has 4 nitrogen and oxygen atoms in total. The summed E-state index contributed by atoms with van der Waals surface area (Å²) in [5.41, 5.74) is 0.448. The fraction of sp³-hybridized carbons (Fsp3) is 0.714. The summed E-state index contributed by atoms with van der Waals surface area (Å²) in [7, 11) is 0. The van der Waals surface area contributed by atoms with Gasteiger partial charge < -0.3 is 5.32 Å². The van der Waals surface area contributed by atoms with Crippen LogP contribution in [0.1, 0.15) is 45.6 Å². The third kappa shape index (κ3) is 3.50. The summed E-state index contributed by atoms with van der Waals surface area (Å²) < 4.78 is 1.42. The van der Waals surface area contributed by atoms with Crippen molar-refractivity contribution >= 4 is 29.1 Å². The molecule has 1 aliphatic rings. The number of nitrogens with one attached hydrogen (secondary N) is 1. The van der Waals surface area contributed by atoms with Gasteiger partial charge in [0.15, 0.2) is 0 Å². The maximum Gasteiger partial charge on any atom is 0.287 e. The molecule has 0 aliphatic heterocycles. The summed E-state index contributed by atoms with van der Waals surface area (Å²) in [6, 6.07) is 0.402. The molecule has 0 aromatic carbocycles. The van der Waals surface area contributed by atoms with Crippen molar-refractivity contribution in [3.8, 4) is 0 Å². The van der Waals surface area contributed by atoms with Crippen molar-refractivity contribution in [1.29, 1.82) is 0 Å². The van der Waals surface area contributed by atoms with Gasteiger partial charge in [0.2, 0.25) is 0 Å². The lowest BCUT2D eigenvalue weighted by Crippen LogP contribution is -2.31. The second-order valence-corrected chi connectivity index (χ2v) is 7.10. The monoisotopic (exact) mass is 315 g/mol. The smallest absolute Gasteiger partial charge is 0.287 e. The number of hydrogen-bond donors (Lipinski definition) is 1. The molecule has 0 radical (unpaired) electrons. The van der Waals surface area contributed by atoms with Crippen molar-refractivity contribution in [3.63, 3.8) is 0 Å². The Balaban J connectivity index is 2.14. The van der Waals surface area contributed by atoms with Gasteiger partial charge in [0.1, 0.15) is 5.02 Å². The van der Waals surface area contributed by atoms with Gasteiger partial charge in [0.05, 0.1) is 17.9 Å². The Bertz CT molecular complexity index is 518. The highest BCUT2D eigenvalue weighted by atomic mass is 35.5. The van der Waals surface area contributed by atoms with E-state index in [1.54, 1.807) is 6.20 Å². The Morgan fingerprint density at radius 2 is 2.25 bits per heavy atom. The zero-order chi connectivity index (χ0) is 14.7. The summed E-state index contributed by atoms with van der Waals surface area (Å²) >= 11 is 8.11. The van der Waals surface area contributed by atoms with E-state index in [1.807, 2.05) is 25.6 Å². The summed E-state index contributed by atoms with van der Waals surface area (Å²) in [5, 5.41) is 8.54. The lowest BCUT2D eigenvalue weighted by atomic mass is 9.95. The number of halogens is 1. The predicted molar refractivity (Wildman–Crippen MR) is 87.1 cm³/mol. The van der Waals surface area contributed by atoms with Gasteiger partial charge in [-0.2, -0.15) is 16.9 Å². The first-order valence-corrected chi connectivity index (χ1v) is 8.76. The fourth-order valence-electron chi connectivity index (χ4n) is 2.62. The molecule has 20 heavy (non-hydrogen) atoms. The van der Waals surface area contributed by atoms with Crippen molar-refractivity contribution in [2.45, 2.75) is 56.9 Å². The molecule has 0 spiro atoms. The molecule has 0 bridgehead atoms. The molecule has 2 unspecified atom stereocenters. The molecule has 1 aromatic heterocycles. The molecule has 0 amide bonds. The van der Waals surface area contributed by atoms with Crippen LogP contribution in [-0.2, 0) is 0 Å². The molecule has 1 aliphatic carbocycles. The van der Waals surface area contributed by atoms with Gasteiger partial charge in [-0.1, -0.05) is 18.0 Å². The van der Waals surface area contributed by atoms with Gasteiger partial charge in [-0.05, 0) is 39.4 Å². The highest BCUT2D eigenvalue weighted by molar-refractivity contribution is 7.99. The molecular weight excluding hydrogens is 294 g/mol. The highest BCUT2D eigenvalue weighted by Crippen LogP contribution is 2.29. The summed E-state index contributed by atoms with van der Waals surface area (Å²) in [5.74, 6) is 0. The standard InChI is InChI=1S/C14H22ClN3OS/c1-9(2)18-14(19)13(15)12(8-16-18)17-10-5-4-6-11(7-10)20-3/h8-11,17H,4-7H2,1-3H3. The number of anilines is 1. The molecule has 1 aromatic rings. The van der Waals surface area contributed by atoms with Gasteiger partial charge in [0, 0.05) is 11.3 Å². The highest BCUT2D eigenvalue weighted by Gasteiger charge is 2.22. The van der Waals surface area contributed by atoms with Crippen molar-refractivity contribution < 1.29 is 0 Å². The Labute approximate surface area is 129 Å². The van der Waals surface area contributed by atoms with E-state index in [0.29, 0.717) is 17.0 Å². The number of aromatic nitrogens is 2. The SMILES string of the molecule is CSC1CCCC(Nc2cnn(C(C)C)c(=O)c2Cl)C1. The van der Waals surface area contributed by atoms with Crippen LogP contribution in [0.3, 0.4) is 0 Å². The third-order valence-electron chi connectivity index (χ3n) is 3.75. The zero-order valence-corrected chi connectivity index (χ0v) is 13.8. The minimum Gasteiger partial charge on any atom is -0.380 e. The normalized spacial score (nSPS) is 23.1. The summed E-state index contributed by atoms with van der Waals surface area (Å²) in [6.07, 6.45) is 8.57. The molecule has 6 heteroatoms. The predicted octanol–water partition coefficient (Wildman–Crippen LogP) is 3.56. The number of rotatable bonds is 4. The van der Waals surface area contributed by atoms with E-state index in [-0.39, 0.29) is 16.6 Å². The van der Waals surface area contributed by atoms with E-state index in [1.165, 1.54) is 17.5 Å². The van der Waals surface area contributed by atoms with Crippen LogP contribution in [0.15, 0.2) is 11.0 Å². The van der Waals surface area contributed by atoms with E-state index in [0.717, 1.165) is 12.8 Å². The molecule has 1 heterocycles. The van der Waals surface area contributed by atoms with Crippen LogP contribution in [0.4, 0.5) is 5.69 Å². The van der Waals surface area contributed by atoms with Gasteiger partial charge in [0.25, 0.3) is 5.56 Å². The van der Waals surface area contributed by atoms with Crippen molar-refractivity contribution in [3.05, 3.63) is 21.6 Å². The van der Waals surface area contributed by atoms with Crippen LogP contribution in [0.25, 0.3) is 0 Å².